The number of nitrogens with zero attached hydrogens (tertiary/aromatic N) is 1. The number of hydrogen-bond donors (Lipinski definition) is 2. The van der Waals surface area contributed by atoms with Crippen LogP contribution in [0.4, 0.5) is 0 Å². The van der Waals surface area contributed by atoms with Crippen LogP contribution in [0.25, 0.3) is 0 Å². The number of aromatic nitrogens is 1. The molecule has 1 rings (SSSR count). The standard InChI is InChI=1S/C10H12Cl2N2O2/c1-2-7(15)5-13-10(16)6-3-8(11)14-9(12)4-6/h3-4,7,15H,2,5H2,1H3,(H,13,16). The van der Waals surface area contributed by atoms with E-state index in [-0.39, 0.29) is 22.8 Å². The number of halogens is 2. The van der Waals surface area contributed by atoms with Gasteiger partial charge in [0.25, 0.3) is 5.91 Å². The highest BCUT2D eigenvalue weighted by Gasteiger charge is 2.09. The number of aliphatic hydroxyl groups excluding tert-OH is 1. The molecule has 0 aromatic carbocycles. The number of carbonyl (C=O) groups excluding carboxylic acids is 1. The highest BCUT2D eigenvalue weighted by atomic mass is 35.5. The summed E-state index contributed by atoms with van der Waals surface area (Å²) in [4.78, 5) is 15.3. The predicted molar refractivity (Wildman–Crippen MR) is 62.9 cm³/mol. The molecule has 0 saturated heterocycles. The van der Waals surface area contributed by atoms with E-state index in [1.807, 2.05) is 6.92 Å². The summed E-state index contributed by atoms with van der Waals surface area (Å²) in [5, 5.41) is 12.2. The van der Waals surface area contributed by atoms with Gasteiger partial charge in [-0.15, -0.1) is 0 Å². The number of hydrogen-bond acceptors (Lipinski definition) is 3. The summed E-state index contributed by atoms with van der Waals surface area (Å²) in [5.41, 5.74) is 0.327. The molecular weight excluding hydrogens is 251 g/mol. The lowest BCUT2D eigenvalue weighted by Crippen LogP contribution is -2.31. The molecule has 88 valence electrons. The minimum absolute atomic E-state index is 0.161. The van der Waals surface area contributed by atoms with Gasteiger partial charge >= 0.3 is 0 Å². The second kappa shape index (κ2) is 6.03. The van der Waals surface area contributed by atoms with Crippen molar-refractivity contribution in [3.8, 4) is 0 Å². The lowest BCUT2D eigenvalue weighted by atomic mass is 10.2. The van der Waals surface area contributed by atoms with Gasteiger partial charge in [0.15, 0.2) is 0 Å². The van der Waals surface area contributed by atoms with E-state index in [1.54, 1.807) is 0 Å². The van der Waals surface area contributed by atoms with Gasteiger partial charge in [-0.05, 0) is 18.6 Å². The highest BCUT2D eigenvalue weighted by Crippen LogP contribution is 2.14. The van der Waals surface area contributed by atoms with Crippen molar-refractivity contribution >= 4 is 29.1 Å². The molecule has 4 nitrogen and oxygen atoms in total. The van der Waals surface area contributed by atoms with Crippen LogP contribution < -0.4 is 5.32 Å². The van der Waals surface area contributed by atoms with Crippen molar-refractivity contribution in [1.82, 2.24) is 10.3 Å². The molecule has 1 aromatic heterocycles. The van der Waals surface area contributed by atoms with Gasteiger partial charge in [-0.1, -0.05) is 30.1 Å². The summed E-state index contributed by atoms with van der Waals surface area (Å²) in [5.74, 6) is -0.335. The molecule has 0 spiro atoms. The molecule has 1 aromatic rings. The Hall–Kier alpha value is -0.840. The first-order valence-electron chi connectivity index (χ1n) is 4.82. The van der Waals surface area contributed by atoms with Crippen LogP contribution in [0.15, 0.2) is 12.1 Å². The number of carbonyl (C=O) groups is 1. The third-order valence-electron chi connectivity index (χ3n) is 1.99. The summed E-state index contributed by atoms with van der Waals surface area (Å²) in [7, 11) is 0. The van der Waals surface area contributed by atoms with Gasteiger partial charge in [-0.2, -0.15) is 0 Å². The molecule has 0 aliphatic rings. The molecule has 6 heteroatoms. The van der Waals surface area contributed by atoms with E-state index >= 15 is 0 Å². The van der Waals surface area contributed by atoms with E-state index in [2.05, 4.69) is 10.3 Å². The second-order valence-electron chi connectivity index (χ2n) is 3.27. The van der Waals surface area contributed by atoms with Crippen molar-refractivity contribution in [1.29, 1.82) is 0 Å². The van der Waals surface area contributed by atoms with Gasteiger partial charge in [0.2, 0.25) is 0 Å². The van der Waals surface area contributed by atoms with Gasteiger partial charge in [0.05, 0.1) is 6.10 Å². The second-order valence-corrected chi connectivity index (χ2v) is 4.05. The van der Waals surface area contributed by atoms with Crippen LogP contribution in [0.5, 0.6) is 0 Å². The molecule has 1 atom stereocenters. The predicted octanol–water partition coefficient (Wildman–Crippen LogP) is 1.89. The van der Waals surface area contributed by atoms with E-state index < -0.39 is 6.10 Å². The van der Waals surface area contributed by atoms with Gasteiger partial charge in [-0.3, -0.25) is 4.79 Å². The van der Waals surface area contributed by atoms with Gasteiger partial charge in [0.1, 0.15) is 10.3 Å². The van der Waals surface area contributed by atoms with Gasteiger partial charge in [-0.25, -0.2) is 4.98 Å². The zero-order valence-electron chi connectivity index (χ0n) is 8.70. The Bertz CT molecular complexity index is 365. The van der Waals surface area contributed by atoms with Crippen molar-refractivity contribution in [2.45, 2.75) is 19.4 Å². The van der Waals surface area contributed by atoms with Gasteiger partial charge < -0.3 is 10.4 Å². The summed E-state index contributed by atoms with van der Waals surface area (Å²) in [6.45, 7) is 2.03. The Kier molecular flexibility index (Phi) is 4.99. The van der Waals surface area contributed by atoms with Crippen molar-refractivity contribution in [3.05, 3.63) is 28.0 Å². The number of nitrogens with one attached hydrogen (secondary N) is 1. The lowest BCUT2D eigenvalue weighted by molar-refractivity contribution is 0.0914. The van der Waals surface area contributed by atoms with Crippen LogP contribution in [0.3, 0.4) is 0 Å². The fraction of sp³-hybridized carbons (Fsp3) is 0.400. The monoisotopic (exact) mass is 262 g/mol. The van der Waals surface area contributed by atoms with Crippen molar-refractivity contribution in [2.75, 3.05) is 6.54 Å². The molecule has 0 bridgehead atoms. The Morgan fingerprint density at radius 2 is 2.06 bits per heavy atom. The molecule has 1 unspecified atom stereocenters. The molecule has 2 N–H and O–H groups in total. The van der Waals surface area contributed by atoms with E-state index in [0.29, 0.717) is 12.0 Å². The topological polar surface area (TPSA) is 62.2 Å². The third-order valence-corrected chi connectivity index (χ3v) is 2.38. The quantitative estimate of drug-likeness (QED) is 0.815. The zero-order chi connectivity index (χ0) is 12.1. The van der Waals surface area contributed by atoms with Crippen molar-refractivity contribution in [3.63, 3.8) is 0 Å². The molecule has 0 fully saturated rings. The Morgan fingerprint density at radius 1 is 1.50 bits per heavy atom. The van der Waals surface area contributed by atoms with Crippen LogP contribution in [-0.4, -0.2) is 28.6 Å². The molecule has 1 heterocycles. The molecule has 1 amide bonds. The largest absolute Gasteiger partial charge is 0.391 e. The maximum absolute atomic E-state index is 11.6. The van der Waals surface area contributed by atoms with Crippen molar-refractivity contribution in [2.24, 2.45) is 0 Å². The minimum Gasteiger partial charge on any atom is -0.391 e. The fourth-order valence-corrected chi connectivity index (χ4v) is 1.51. The lowest BCUT2D eigenvalue weighted by Gasteiger charge is -2.09. The fourth-order valence-electron chi connectivity index (χ4n) is 1.05. The van der Waals surface area contributed by atoms with E-state index in [1.165, 1.54) is 12.1 Å². The molecule has 0 aliphatic carbocycles. The first-order chi connectivity index (χ1) is 7.52. The number of aliphatic hydroxyl groups is 1. The van der Waals surface area contributed by atoms with Crippen molar-refractivity contribution < 1.29 is 9.90 Å². The molecular formula is C10H12Cl2N2O2. The van der Waals surface area contributed by atoms with E-state index in [9.17, 15) is 9.90 Å². The third kappa shape index (κ3) is 3.96. The minimum atomic E-state index is -0.545. The normalized spacial score (nSPS) is 12.2. The molecule has 16 heavy (non-hydrogen) atoms. The Labute approximate surface area is 104 Å². The summed E-state index contributed by atoms with van der Waals surface area (Å²) in [6, 6.07) is 2.84. The SMILES string of the molecule is CCC(O)CNC(=O)c1cc(Cl)nc(Cl)c1. The Morgan fingerprint density at radius 3 is 2.56 bits per heavy atom. The van der Waals surface area contributed by atoms with E-state index in [0.717, 1.165) is 0 Å². The smallest absolute Gasteiger partial charge is 0.251 e. The zero-order valence-corrected chi connectivity index (χ0v) is 10.2. The summed E-state index contributed by atoms with van der Waals surface area (Å²) < 4.78 is 0. The summed E-state index contributed by atoms with van der Waals surface area (Å²) in [6.07, 6.45) is 0.0368. The molecule has 0 radical (unpaired) electrons. The van der Waals surface area contributed by atoms with Crippen LogP contribution in [0.1, 0.15) is 23.7 Å². The maximum atomic E-state index is 11.6. The Balaban J connectivity index is 2.66. The van der Waals surface area contributed by atoms with Crippen LogP contribution in [-0.2, 0) is 0 Å². The average Bonchev–Trinajstić information content (AvgIpc) is 2.23. The average molecular weight is 263 g/mol. The van der Waals surface area contributed by atoms with Crippen LogP contribution >= 0.6 is 23.2 Å². The van der Waals surface area contributed by atoms with E-state index in [4.69, 9.17) is 23.2 Å². The first kappa shape index (κ1) is 13.2. The van der Waals surface area contributed by atoms with Crippen LogP contribution in [0.2, 0.25) is 10.3 Å². The molecule has 0 aliphatic heterocycles. The first-order valence-corrected chi connectivity index (χ1v) is 5.58. The number of amides is 1. The van der Waals surface area contributed by atoms with Gasteiger partial charge in [0, 0.05) is 12.1 Å². The maximum Gasteiger partial charge on any atom is 0.251 e. The molecule has 0 saturated carbocycles. The number of pyridine rings is 1. The highest BCUT2D eigenvalue weighted by molar-refractivity contribution is 6.33. The summed E-state index contributed by atoms with van der Waals surface area (Å²) >= 11 is 11.3. The van der Waals surface area contributed by atoms with Crippen LogP contribution in [0, 0.1) is 0 Å². The number of rotatable bonds is 4.